The predicted octanol–water partition coefficient (Wildman–Crippen LogP) is 2.88. The van der Waals surface area contributed by atoms with Crippen LogP contribution >= 0.6 is 0 Å². The van der Waals surface area contributed by atoms with Crippen LogP contribution in [0.5, 0.6) is 11.5 Å². The first-order valence-electron chi connectivity index (χ1n) is 13.3. The molecule has 0 saturated carbocycles. The molecule has 41 heavy (non-hydrogen) atoms. The molecule has 3 aromatic carbocycles. The van der Waals surface area contributed by atoms with Crippen LogP contribution in [0.25, 0.3) is 0 Å². The van der Waals surface area contributed by atoms with E-state index in [2.05, 4.69) is 16.0 Å². The van der Waals surface area contributed by atoms with Crippen molar-refractivity contribution < 1.29 is 32.3 Å². The molecule has 216 valence electrons. The minimum Gasteiger partial charge on any atom is -0.497 e. The van der Waals surface area contributed by atoms with E-state index < -0.39 is 27.7 Å². The summed E-state index contributed by atoms with van der Waals surface area (Å²) < 4.78 is 37.5. The third-order valence-electron chi connectivity index (χ3n) is 6.59. The van der Waals surface area contributed by atoms with Crippen LogP contribution < -0.4 is 25.4 Å². The summed E-state index contributed by atoms with van der Waals surface area (Å²) >= 11 is 0. The van der Waals surface area contributed by atoms with E-state index in [1.165, 1.54) is 19.2 Å². The summed E-state index contributed by atoms with van der Waals surface area (Å²) in [5.74, 6) is -0.783. The van der Waals surface area contributed by atoms with Gasteiger partial charge in [-0.15, -0.1) is 0 Å². The van der Waals surface area contributed by atoms with Crippen molar-refractivity contribution in [3.8, 4) is 11.5 Å². The van der Waals surface area contributed by atoms with Crippen LogP contribution in [0.15, 0.2) is 77.7 Å². The van der Waals surface area contributed by atoms with Crippen LogP contribution in [0.4, 0.5) is 0 Å². The smallest absolute Gasteiger partial charge is 0.255 e. The van der Waals surface area contributed by atoms with Crippen LogP contribution in [-0.4, -0.2) is 59.0 Å². The number of nitrogens with one attached hydrogen (secondary N) is 3. The van der Waals surface area contributed by atoms with Gasteiger partial charge in [-0.05, 0) is 49.1 Å². The maximum atomic E-state index is 13.3. The number of carbonyl (C=O) groups excluding carboxylic acids is 3. The van der Waals surface area contributed by atoms with Gasteiger partial charge in [0.05, 0.1) is 35.4 Å². The lowest BCUT2D eigenvalue weighted by molar-refractivity contribution is -0.123. The fraction of sp³-hybridized carbons (Fsp3) is 0.300. The quantitative estimate of drug-likeness (QED) is 0.408. The number of benzene rings is 3. The Balaban J connectivity index is 1.48. The number of amides is 3. The van der Waals surface area contributed by atoms with Gasteiger partial charge < -0.3 is 25.4 Å². The number of methoxy groups -OCH3 is 1. The molecule has 3 amide bonds. The average molecular weight is 580 g/mol. The number of ether oxygens (including phenoxy) is 2. The van der Waals surface area contributed by atoms with Gasteiger partial charge in [0.25, 0.3) is 11.8 Å². The predicted molar refractivity (Wildman–Crippen MR) is 153 cm³/mol. The van der Waals surface area contributed by atoms with Gasteiger partial charge in [0.1, 0.15) is 24.1 Å². The lowest BCUT2D eigenvalue weighted by Gasteiger charge is -2.20. The first-order chi connectivity index (χ1) is 19.8. The van der Waals surface area contributed by atoms with Gasteiger partial charge in [-0.3, -0.25) is 14.4 Å². The molecule has 0 saturated heterocycles. The van der Waals surface area contributed by atoms with Gasteiger partial charge in [0.2, 0.25) is 5.91 Å². The first kappa shape index (κ1) is 29.6. The minimum absolute atomic E-state index is 0.0308. The standard InChI is InChI=1S/C30H33N3O7S/c1-39-22-14-15-23-26(19-22)40-18-17-32-30(36)25(12-7-8-16-31-28(23)34)33-29(35)24-11-5-6-13-27(24)41(37,38)20-21-9-3-2-4-10-21/h2-6,9-11,13-15,19,25H,7-8,12,16-18,20H2,1H3,(H,31,34)(H,32,36)(H,33,35)/t25-/m0/s1. The van der Waals surface area contributed by atoms with Crippen LogP contribution in [0.1, 0.15) is 45.5 Å². The van der Waals surface area contributed by atoms with E-state index in [0.29, 0.717) is 48.4 Å². The molecule has 11 heteroatoms. The Hall–Kier alpha value is -4.38. The molecule has 0 radical (unpaired) electrons. The summed E-state index contributed by atoms with van der Waals surface area (Å²) in [7, 11) is -2.33. The molecule has 3 aromatic rings. The highest BCUT2D eigenvalue weighted by Gasteiger charge is 2.26. The van der Waals surface area contributed by atoms with E-state index in [9.17, 15) is 22.8 Å². The van der Waals surface area contributed by atoms with Gasteiger partial charge in [-0.2, -0.15) is 0 Å². The van der Waals surface area contributed by atoms with Crippen molar-refractivity contribution in [2.75, 3.05) is 26.8 Å². The third kappa shape index (κ3) is 7.85. The van der Waals surface area contributed by atoms with Crippen molar-refractivity contribution in [3.05, 3.63) is 89.5 Å². The minimum atomic E-state index is -3.85. The maximum absolute atomic E-state index is 13.3. The van der Waals surface area contributed by atoms with E-state index in [4.69, 9.17) is 9.47 Å². The Morgan fingerprint density at radius 3 is 2.51 bits per heavy atom. The summed E-state index contributed by atoms with van der Waals surface area (Å²) in [4.78, 5) is 39.0. The Kier molecular flexibility index (Phi) is 9.96. The molecule has 0 fully saturated rings. The second-order valence-corrected chi connectivity index (χ2v) is 11.5. The third-order valence-corrected chi connectivity index (χ3v) is 8.32. The molecule has 0 aliphatic carbocycles. The van der Waals surface area contributed by atoms with Crippen molar-refractivity contribution in [1.29, 1.82) is 0 Å². The van der Waals surface area contributed by atoms with Crippen molar-refractivity contribution in [3.63, 3.8) is 0 Å². The zero-order valence-corrected chi connectivity index (χ0v) is 23.5. The summed E-state index contributed by atoms with van der Waals surface area (Å²) in [6, 6.07) is 18.7. The number of hydrogen-bond donors (Lipinski definition) is 3. The Bertz CT molecular complexity index is 1490. The normalized spacial score (nSPS) is 16.7. The summed E-state index contributed by atoms with van der Waals surface area (Å²) in [5, 5.41) is 8.34. The number of sulfone groups is 1. The summed E-state index contributed by atoms with van der Waals surface area (Å²) in [6.45, 7) is 0.541. The monoisotopic (exact) mass is 579 g/mol. The molecule has 0 spiro atoms. The van der Waals surface area contributed by atoms with Gasteiger partial charge >= 0.3 is 0 Å². The van der Waals surface area contributed by atoms with Crippen LogP contribution in [-0.2, 0) is 20.4 Å². The summed E-state index contributed by atoms with van der Waals surface area (Å²) in [5.41, 5.74) is 0.931. The van der Waals surface area contributed by atoms with E-state index in [1.807, 2.05) is 0 Å². The molecule has 1 heterocycles. The topological polar surface area (TPSA) is 140 Å². The van der Waals surface area contributed by atoms with E-state index in [0.717, 1.165) is 0 Å². The Labute approximate surface area is 239 Å². The molecule has 1 atom stereocenters. The maximum Gasteiger partial charge on any atom is 0.255 e. The molecule has 1 aliphatic rings. The zero-order chi connectivity index (χ0) is 29.2. The van der Waals surface area contributed by atoms with E-state index in [1.54, 1.807) is 60.7 Å². The SMILES string of the molecule is COc1ccc2c(c1)OCCNC(=O)[C@@H](NC(=O)c1ccccc1S(=O)(=O)Cc1ccccc1)CCCCNC2=O. The second-order valence-electron chi connectivity index (χ2n) is 9.52. The van der Waals surface area contributed by atoms with Gasteiger partial charge in [0, 0.05) is 12.6 Å². The summed E-state index contributed by atoms with van der Waals surface area (Å²) in [6.07, 6.45) is 1.37. The van der Waals surface area contributed by atoms with Crippen molar-refractivity contribution >= 4 is 27.6 Å². The molecule has 4 rings (SSSR count). The first-order valence-corrected chi connectivity index (χ1v) is 15.0. The number of rotatable bonds is 6. The Morgan fingerprint density at radius 2 is 1.73 bits per heavy atom. The van der Waals surface area contributed by atoms with Gasteiger partial charge in [-0.1, -0.05) is 42.5 Å². The lowest BCUT2D eigenvalue weighted by atomic mass is 10.1. The van der Waals surface area contributed by atoms with Crippen molar-refractivity contribution in [1.82, 2.24) is 16.0 Å². The zero-order valence-electron chi connectivity index (χ0n) is 22.7. The fourth-order valence-electron chi connectivity index (χ4n) is 4.47. The highest BCUT2D eigenvalue weighted by Crippen LogP contribution is 2.25. The second kappa shape index (κ2) is 13.8. The molecule has 1 aliphatic heterocycles. The number of fused-ring (bicyclic) bond motifs is 1. The molecule has 0 bridgehead atoms. The highest BCUT2D eigenvalue weighted by atomic mass is 32.2. The number of carbonyl (C=O) groups is 3. The van der Waals surface area contributed by atoms with Gasteiger partial charge in [-0.25, -0.2) is 8.42 Å². The van der Waals surface area contributed by atoms with Gasteiger partial charge in [0.15, 0.2) is 9.84 Å². The van der Waals surface area contributed by atoms with Crippen LogP contribution in [0.3, 0.4) is 0 Å². The lowest BCUT2D eigenvalue weighted by Crippen LogP contribution is -2.48. The van der Waals surface area contributed by atoms with E-state index >= 15 is 0 Å². The highest BCUT2D eigenvalue weighted by molar-refractivity contribution is 7.90. The van der Waals surface area contributed by atoms with Crippen molar-refractivity contribution in [2.45, 2.75) is 36.0 Å². The molecule has 0 unspecified atom stereocenters. The fourth-order valence-corrected chi connectivity index (χ4v) is 6.04. The average Bonchev–Trinajstić information content (AvgIpc) is 2.98. The van der Waals surface area contributed by atoms with Crippen LogP contribution in [0, 0.1) is 0 Å². The molecular formula is C30H33N3O7S. The molecule has 0 aromatic heterocycles. The molecular weight excluding hydrogens is 546 g/mol. The molecule has 10 nitrogen and oxygen atoms in total. The molecule has 3 N–H and O–H groups in total. The van der Waals surface area contributed by atoms with Crippen LogP contribution in [0.2, 0.25) is 0 Å². The Morgan fingerprint density at radius 1 is 0.976 bits per heavy atom. The van der Waals surface area contributed by atoms with Crippen molar-refractivity contribution in [2.24, 2.45) is 0 Å². The number of hydrogen-bond acceptors (Lipinski definition) is 7. The largest absolute Gasteiger partial charge is 0.497 e. The van der Waals surface area contributed by atoms with E-state index in [-0.39, 0.29) is 35.3 Å².